The number of Topliss-reactive ketones (excluding diaryl/α,β-unsaturated/α-hetero) is 1. The molecule has 4 atom stereocenters. The van der Waals surface area contributed by atoms with Gasteiger partial charge in [0.2, 0.25) is 5.78 Å². The monoisotopic (exact) mass is 363 g/mol. The van der Waals surface area contributed by atoms with Crippen molar-refractivity contribution in [1.82, 2.24) is 9.80 Å². The molecular weight excluding hydrogens is 340 g/mol. The van der Waals surface area contributed by atoms with Crippen molar-refractivity contribution in [3.8, 4) is 0 Å². The highest BCUT2D eigenvalue weighted by Gasteiger charge is 2.54. The molecule has 0 spiro atoms. The summed E-state index contributed by atoms with van der Waals surface area (Å²) in [5.74, 6) is 0.115. The van der Waals surface area contributed by atoms with Crippen molar-refractivity contribution < 1.29 is 9.55 Å². The molecular formula is C21H23N4O2+. The first-order valence-electron chi connectivity index (χ1n) is 9.50. The SMILES string of the molecule is CN(C)CCC1C(=O)CC2=C(C=CC3C2C2=CC=CC4=CN=CN3C42)[N+]1=O. The van der Waals surface area contributed by atoms with Crippen molar-refractivity contribution in [3.05, 3.63) is 63.9 Å². The van der Waals surface area contributed by atoms with Crippen LogP contribution >= 0.6 is 0 Å². The predicted octanol–water partition coefficient (Wildman–Crippen LogP) is 1.97. The third kappa shape index (κ3) is 2.36. The first-order chi connectivity index (χ1) is 13.1. The van der Waals surface area contributed by atoms with Gasteiger partial charge in [-0.1, -0.05) is 24.3 Å². The molecule has 3 aliphatic heterocycles. The smallest absolute Gasteiger partial charge is 0.267 e. The molecule has 5 aliphatic rings. The summed E-state index contributed by atoms with van der Waals surface area (Å²) in [5, 5.41) is 0. The third-order valence-corrected chi connectivity index (χ3v) is 6.24. The Balaban J connectivity index is 1.54. The maximum atomic E-state index is 13.0. The van der Waals surface area contributed by atoms with Gasteiger partial charge in [-0.25, -0.2) is 4.99 Å². The van der Waals surface area contributed by atoms with Crippen LogP contribution in [0.25, 0.3) is 0 Å². The Labute approximate surface area is 158 Å². The molecule has 1 fully saturated rings. The standard InChI is InChI=1S/C21H23N4O2/c1-23(2)9-8-17-19(26)10-15-16(25(17)27)6-7-18-20(15)14-5-3-4-13-11-22-12-24(18)21(13)14/h3-7,11-12,17-18,20-21H,8-10H2,1-2H3/q+1. The van der Waals surface area contributed by atoms with Gasteiger partial charge in [0.05, 0.1) is 18.4 Å². The number of allylic oxidation sites excluding steroid dienone is 3. The number of carbonyl (C=O) groups is 1. The number of rotatable bonds is 3. The second-order valence-corrected chi connectivity index (χ2v) is 8.08. The lowest BCUT2D eigenvalue weighted by Crippen LogP contribution is -2.43. The summed E-state index contributed by atoms with van der Waals surface area (Å²) >= 11 is 0. The number of hydrogen-bond donors (Lipinski definition) is 0. The van der Waals surface area contributed by atoms with Gasteiger partial charge < -0.3 is 9.80 Å². The van der Waals surface area contributed by atoms with E-state index in [4.69, 9.17) is 0 Å². The molecule has 0 aromatic carbocycles. The lowest BCUT2D eigenvalue weighted by molar-refractivity contribution is -0.525. The van der Waals surface area contributed by atoms with Crippen LogP contribution in [0.1, 0.15) is 12.8 Å². The number of hydrogen-bond acceptors (Lipinski definition) is 5. The van der Waals surface area contributed by atoms with Crippen molar-refractivity contribution >= 4 is 12.1 Å². The van der Waals surface area contributed by atoms with E-state index in [0.717, 1.165) is 16.9 Å². The largest absolute Gasteiger partial charge is 0.344 e. The normalized spacial score (nSPS) is 33.2. The Morgan fingerprint density at radius 2 is 2.19 bits per heavy atom. The van der Waals surface area contributed by atoms with Gasteiger partial charge in [-0.2, -0.15) is 0 Å². The molecule has 0 aromatic heterocycles. The maximum Gasteiger partial charge on any atom is 0.267 e. The van der Waals surface area contributed by atoms with E-state index in [-0.39, 0.29) is 23.8 Å². The molecule has 6 nitrogen and oxygen atoms in total. The van der Waals surface area contributed by atoms with Crippen molar-refractivity contribution in [2.75, 3.05) is 20.6 Å². The number of nitrogens with zero attached hydrogens (tertiary/aromatic N) is 4. The number of carbonyl (C=O) groups excluding carboxylic acids is 1. The Kier molecular flexibility index (Phi) is 3.65. The zero-order valence-electron chi connectivity index (χ0n) is 15.6. The van der Waals surface area contributed by atoms with Crippen molar-refractivity contribution in [2.45, 2.75) is 31.0 Å². The van der Waals surface area contributed by atoms with Crippen LogP contribution in [0.4, 0.5) is 0 Å². The quantitative estimate of drug-likeness (QED) is 0.720. The van der Waals surface area contributed by atoms with E-state index >= 15 is 0 Å². The first-order valence-corrected chi connectivity index (χ1v) is 9.50. The van der Waals surface area contributed by atoms with E-state index in [2.05, 4.69) is 34.2 Å². The highest BCUT2D eigenvalue weighted by atomic mass is 16.3. The molecule has 3 heterocycles. The van der Waals surface area contributed by atoms with Gasteiger partial charge in [-0.3, -0.25) is 4.79 Å². The van der Waals surface area contributed by atoms with Crippen molar-refractivity contribution in [3.63, 3.8) is 0 Å². The molecule has 4 unspecified atom stereocenters. The molecule has 27 heavy (non-hydrogen) atoms. The molecule has 5 rings (SSSR count). The molecule has 2 aliphatic carbocycles. The van der Waals surface area contributed by atoms with Gasteiger partial charge in [0.15, 0.2) is 0 Å². The van der Waals surface area contributed by atoms with Gasteiger partial charge in [0.1, 0.15) is 0 Å². The van der Waals surface area contributed by atoms with Gasteiger partial charge >= 0.3 is 0 Å². The Bertz CT molecular complexity index is 918. The van der Waals surface area contributed by atoms with Crippen LogP contribution in [-0.4, -0.2) is 65.4 Å². The van der Waals surface area contributed by atoms with Crippen LogP contribution in [0, 0.1) is 10.8 Å². The second-order valence-electron chi connectivity index (χ2n) is 8.08. The van der Waals surface area contributed by atoms with Crippen LogP contribution < -0.4 is 0 Å². The van der Waals surface area contributed by atoms with Crippen LogP contribution in [0.3, 0.4) is 0 Å². The number of ketones is 1. The summed E-state index contributed by atoms with van der Waals surface area (Å²) in [7, 11) is 3.92. The molecule has 6 heteroatoms. The summed E-state index contributed by atoms with van der Waals surface area (Å²) in [6, 6.07) is -0.291. The average molecular weight is 363 g/mol. The Morgan fingerprint density at radius 3 is 3.00 bits per heavy atom. The summed E-state index contributed by atoms with van der Waals surface area (Å²) in [4.78, 5) is 34.5. The first kappa shape index (κ1) is 16.6. The summed E-state index contributed by atoms with van der Waals surface area (Å²) in [6.45, 7) is 0.726. The van der Waals surface area contributed by atoms with Gasteiger partial charge in [-0.05, 0) is 25.2 Å². The fourth-order valence-electron chi connectivity index (χ4n) is 5.01. The van der Waals surface area contributed by atoms with Crippen molar-refractivity contribution in [2.24, 2.45) is 10.9 Å². The van der Waals surface area contributed by atoms with E-state index in [1.807, 2.05) is 37.6 Å². The zero-order valence-corrected chi connectivity index (χ0v) is 15.6. The topological polar surface area (TPSA) is 56.0 Å². The molecule has 0 aromatic rings. The van der Waals surface area contributed by atoms with Gasteiger partial charge in [-0.15, -0.1) is 0 Å². The zero-order chi connectivity index (χ0) is 18.7. The minimum absolute atomic E-state index is 0.0425. The van der Waals surface area contributed by atoms with Crippen LogP contribution in [0.15, 0.2) is 64.0 Å². The van der Waals surface area contributed by atoms with E-state index in [1.54, 1.807) is 0 Å². The van der Waals surface area contributed by atoms with Crippen LogP contribution in [-0.2, 0) is 4.79 Å². The van der Waals surface area contributed by atoms with Crippen molar-refractivity contribution in [1.29, 1.82) is 0 Å². The van der Waals surface area contributed by atoms with Crippen LogP contribution in [0.2, 0.25) is 0 Å². The second kappa shape index (κ2) is 5.96. The lowest BCUT2D eigenvalue weighted by Gasteiger charge is -2.32. The molecule has 138 valence electrons. The van der Waals surface area contributed by atoms with E-state index in [0.29, 0.717) is 18.5 Å². The van der Waals surface area contributed by atoms with Crippen LogP contribution in [0.5, 0.6) is 0 Å². The summed E-state index contributed by atoms with van der Waals surface area (Å²) < 4.78 is 0.971. The van der Waals surface area contributed by atoms with E-state index < -0.39 is 6.04 Å². The summed E-state index contributed by atoms with van der Waals surface area (Å²) in [5.41, 5.74) is 4.11. The number of nitroso groups, excluding NO2 is 1. The average Bonchev–Trinajstić information content (AvgIpc) is 2.98. The fourth-order valence-corrected chi connectivity index (χ4v) is 5.01. The van der Waals surface area contributed by atoms with E-state index in [9.17, 15) is 9.70 Å². The highest BCUT2D eigenvalue weighted by molar-refractivity contribution is 5.87. The minimum atomic E-state index is -0.575. The van der Waals surface area contributed by atoms with Gasteiger partial charge in [0.25, 0.3) is 11.7 Å². The minimum Gasteiger partial charge on any atom is -0.344 e. The molecule has 0 N–H and O–H groups in total. The van der Waals surface area contributed by atoms with Gasteiger partial charge in [0, 0.05) is 52.8 Å². The Morgan fingerprint density at radius 1 is 1.33 bits per heavy atom. The fraction of sp³-hybridized carbons (Fsp3) is 0.429. The number of fused-ring (bicyclic) bond motifs is 4. The molecule has 0 bridgehead atoms. The third-order valence-electron chi connectivity index (χ3n) is 6.24. The maximum absolute atomic E-state index is 13.0. The predicted molar refractivity (Wildman–Crippen MR) is 103 cm³/mol. The number of aliphatic imine (C=N–C) groups is 1. The lowest BCUT2D eigenvalue weighted by atomic mass is 9.76. The van der Waals surface area contributed by atoms with E-state index in [1.165, 1.54) is 11.1 Å². The summed E-state index contributed by atoms with van der Waals surface area (Å²) in [6.07, 6.45) is 15.1. The molecule has 1 saturated heterocycles. The Hall–Kier alpha value is -2.60. The molecule has 0 radical (unpaired) electrons. The molecule has 0 saturated carbocycles. The molecule has 0 amide bonds. The highest BCUT2D eigenvalue weighted by Crippen LogP contribution is 2.49.